The molecule has 0 saturated carbocycles. The molecule has 5 rings (SSSR count). The number of allylic oxidation sites excluding steroid dienone is 2. The summed E-state index contributed by atoms with van der Waals surface area (Å²) < 4.78 is 5.49. The summed E-state index contributed by atoms with van der Waals surface area (Å²) in [5.41, 5.74) is 8.24. The van der Waals surface area contributed by atoms with Crippen LogP contribution in [0.15, 0.2) is 90.3 Å². The van der Waals surface area contributed by atoms with Crippen LogP contribution >= 0.6 is 0 Å². The zero-order valence-electron chi connectivity index (χ0n) is 21.7. The lowest BCUT2D eigenvalue weighted by molar-refractivity contribution is 0.179. The van der Waals surface area contributed by atoms with Gasteiger partial charge in [-0.3, -0.25) is 0 Å². The maximum Gasteiger partial charge on any atom is 0.108 e. The molecular formula is C32H36N2O2. The normalized spacial score (nSPS) is 20.9. The molecule has 0 saturated heterocycles. The Balaban J connectivity index is 1.90. The highest BCUT2D eigenvalue weighted by Crippen LogP contribution is 2.53. The highest BCUT2D eigenvalue weighted by molar-refractivity contribution is 6.07. The topological polar surface area (TPSA) is 44.7 Å². The van der Waals surface area contributed by atoms with E-state index < -0.39 is 0 Å². The molecule has 0 amide bonds. The van der Waals surface area contributed by atoms with Gasteiger partial charge in [-0.1, -0.05) is 75.4 Å². The van der Waals surface area contributed by atoms with Crippen molar-refractivity contribution >= 4 is 27.8 Å². The van der Waals surface area contributed by atoms with Gasteiger partial charge in [0.25, 0.3) is 0 Å². The lowest BCUT2D eigenvalue weighted by atomic mass is 9.76. The first-order chi connectivity index (χ1) is 17.5. The zero-order valence-corrected chi connectivity index (χ0v) is 21.7. The van der Waals surface area contributed by atoms with E-state index in [-0.39, 0.29) is 17.7 Å². The minimum Gasteiger partial charge on any atom is -0.511 e. The molecule has 2 N–H and O–H groups in total. The molecular weight excluding hydrogens is 444 g/mol. The van der Waals surface area contributed by atoms with Crippen molar-refractivity contribution in [3.63, 3.8) is 0 Å². The average Bonchev–Trinajstić information content (AvgIpc) is 2.90. The third kappa shape index (κ3) is 4.00. The smallest absolute Gasteiger partial charge is 0.108 e. The SMILES string of the molecule is C=C(O)C1NC2=C(C)/C(=C\C(C)CC)N(c3ccccc3)c3c2c(cc2ccccc32)C1CCOC. The van der Waals surface area contributed by atoms with Gasteiger partial charge >= 0.3 is 0 Å². The summed E-state index contributed by atoms with van der Waals surface area (Å²) >= 11 is 0. The number of methoxy groups -OCH3 is 1. The summed E-state index contributed by atoms with van der Waals surface area (Å²) in [6.45, 7) is 11.3. The van der Waals surface area contributed by atoms with Gasteiger partial charge in [0.15, 0.2) is 0 Å². The quantitative estimate of drug-likeness (QED) is 0.338. The van der Waals surface area contributed by atoms with Crippen molar-refractivity contribution in [2.75, 3.05) is 18.6 Å². The van der Waals surface area contributed by atoms with E-state index in [1.54, 1.807) is 7.11 Å². The van der Waals surface area contributed by atoms with E-state index in [2.05, 4.69) is 104 Å². The van der Waals surface area contributed by atoms with Crippen molar-refractivity contribution in [3.05, 3.63) is 101 Å². The molecule has 0 radical (unpaired) electrons. The van der Waals surface area contributed by atoms with Crippen LogP contribution in [0.3, 0.4) is 0 Å². The number of fused-ring (bicyclic) bond motifs is 2. The maximum absolute atomic E-state index is 10.7. The molecule has 3 aromatic rings. The Labute approximate surface area is 214 Å². The first-order valence-corrected chi connectivity index (χ1v) is 12.9. The molecule has 186 valence electrons. The van der Waals surface area contributed by atoms with Crippen molar-refractivity contribution in [1.29, 1.82) is 0 Å². The summed E-state index contributed by atoms with van der Waals surface area (Å²) in [6.07, 6.45) is 4.23. The molecule has 4 nitrogen and oxygen atoms in total. The monoisotopic (exact) mass is 480 g/mol. The molecule has 0 aliphatic carbocycles. The molecule has 3 atom stereocenters. The number of aliphatic hydroxyl groups is 1. The molecule has 0 fully saturated rings. The van der Waals surface area contributed by atoms with E-state index in [0.717, 1.165) is 24.2 Å². The second-order valence-corrected chi connectivity index (χ2v) is 10.0. The third-order valence-corrected chi connectivity index (χ3v) is 7.72. The van der Waals surface area contributed by atoms with E-state index in [9.17, 15) is 5.11 Å². The predicted molar refractivity (Wildman–Crippen MR) is 151 cm³/mol. The Kier molecular flexibility index (Phi) is 6.63. The van der Waals surface area contributed by atoms with Crippen LogP contribution in [0.5, 0.6) is 0 Å². The Morgan fingerprint density at radius 3 is 2.58 bits per heavy atom. The first kappa shape index (κ1) is 24.2. The summed E-state index contributed by atoms with van der Waals surface area (Å²) in [4.78, 5) is 2.44. The van der Waals surface area contributed by atoms with Gasteiger partial charge in [-0.25, -0.2) is 0 Å². The minimum atomic E-state index is -0.278. The number of hydrogen-bond donors (Lipinski definition) is 2. The maximum atomic E-state index is 10.7. The van der Waals surface area contributed by atoms with Gasteiger partial charge in [-0.05, 0) is 54.0 Å². The number of benzene rings is 3. The van der Waals surface area contributed by atoms with Crippen molar-refractivity contribution in [2.24, 2.45) is 5.92 Å². The summed E-state index contributed by atoms with van der Waals surface area (Å²) in [6, 6.07) is 21.3. The van der Waals surface area contributed by atoms with E-state index in [0.29, 0.717) is 12.5 Å². The van der Waals surface area contributed by atoms with Gasteiger partial charge in [0.05, 0.1) is 11.7 Å². The molecule has 4 heteroatoms. The van der Waals surface area contributed by atoms with Crippen LogP contribution < -0.4 is 10.2 Å². The van der Waals surface area contributed by atoms with Crippen LogP contribution in [0.4, 0.5) is 11.4 Å². The van der Waals surface area contributed by atoms with Crippen molar-refractivity contribution in [1.82, 2.24) is 5.32 Å². The summed E-state index contributed by atoms with van der Waals surface area (Å²) in [7, 11) is 1.73. The number of para-hydroxylation sites is 1. The second-order valence-electron chi connectivity index (χ2n) is 10.0. The molecule has 2 aliphatic rings. The van der Waals surface area contributed by atoms with E-state index >= 15 is 0 Å². The van der Waals surface area contributed by atoms with Crippen LogP contribution in [0.25, 0.3) is 16.5 Å². The van der Waals surface area contributed by atoms with E-state index in [4.69, 9.17) is 4.74 Å². The van der Waals surface area contributed by atoms with Gasteiger partial charge in [0, 0.05) is 47.7 Å². The molecule has 2 aliphatic heterocycles. The molecule has 3 aromatic carbocycles. The van der Waals surface area contributed by atoms with Gasteiger partial charge in [-0.15, -0.1) is 0 Å². The Hall–Kier alpha value is -3.50. The number of rotatable bonds is 7. The Morgan fingerprint density at radius 2 is 1.89 bits per heavy atom. The fourth-order valence-electron chi connectivity index (χ4n) is 5.67. The second kappa shape index (κ2) is 9.87. The number of nitrogens with one attached hydrogen (secondary N) is 1. The largest absolute Gasteiger partial charge is 0.511 e. The highest BCUT2D eigenvalue weighted by Gasteiger charge is 2.40. The van der Waals surface area contributed by atoms with Gasteiger partial charge in [-0.2, -0.15) is 0 Å². The lowest BCUT2D eigenvalue weighted by Crippen LogP contribution is -2.43. The summed E-state index contributed by atoms with van der Waals surface area (Å²) in [5.74, 6) is 0.615. The highest BCUT2D eigenvalue weighted by atomic mass is 16.5. The Bertz CT molecular complexity index is 1360. The standard InChI is InChI=1S/C32H36N2O2/c1-6-20(2)18-28-21(3)30-29-27(26(16-17-36-5)31(33-30)22(4)35)19-23-12-10-11-15-25(23)32(29)34(28)24-13-8-7-9-14-24/h7-15,18-20,26,31,33,35H,4,6,16-17H2,1-3,5H3/b28-18+. The van der Waals surface area contributed by atoms with Crippen LogP contribution in [0.1, 0.15) is 50.7 Å². The third-order valence-electron chi connectivity index (χ3n) is 7.72. The first-order valence-electron chi connectivity index (χ1n) is 12.9. The van der Waals surface area contributed by atoms with Gasteiger partial charge in [0.2, 0.25) is 0 Å². The van der Waals surface area contributed by atoms with Crippen molar-refractivity contribution < 1.29 is 9.84 Å². The van der Waals surface area contributed by atoms with Crippen LogP contribution in [-0.2, 0) is 4.74 Å². The number of ether oxygens (including phenoxy) is 1. The minimum absolute atomic E-state index is 0.0371. The molecule has 0 bridgehead atoms. The molecule has 0 spiro atoms. The number of nitrogens with zero attached hydrogens (tertiary/aromatic N) is 1. The van der Waals surface area contributed by atoms with Gasteiger partial charge in [0.1, 0.15) is 5.76 Å². The number of hydrogen-bond acceptors (Lipinski definition) is 4. The predicted octanol–water partition coefficient (Wildman–Crippen LogP) is 7.82. The molecule has 3 unspecified atom stereocenters. The van der Waals surface area contributed by atoms with Crippen LogP contribution in [0, 0.1) is 5.92 Å². The Morgan fingerprint density at radius 1 is 1.17 bits per heavy atom. The van der Waals surface area contributed by atoms with Crippen molar-refractivity contribution in [3.8, 4) is 0 Å². The van der Waals surface area contributed by atoms with E-state index in [1.807, 2.05) is 0 Å². The van der Waals surface area contributed by atoms with Gasteiger partial charge < -0.3 is 20.1 Å². The molecule has 2 heterocycles. The molecule has 36 heavy (non-hydrogen) atoms. The summed E-state index contributed by atoms with van der Waals surface area (Å²) in [5, 5.41) is 16.8. The van der Waals surface area contributed by atoms with Crippen LogP contribution in [0.2, 0.25) is 0 Å². The average molecular weight is 481 g/mol. The van der Waals surface area contributed by atoms with Crippen LogP contribution in [-0.4, -0.2) is 24.9 Å². The number of anilines is 2. The fourth-order valence-corrected chi connectivity index (χ4v) is 5.67. The lowest BCUT2D eigenvalue weighted by Gasteiger charge is -2.44. The van der Waals surface area contributed by atoms with E-state index in [1.165, 1.54) is 38.9 Å². The fraction of sp³-hybridized carbons (Fsp3) is 0.312. The van der Waals surface area contributed by atoms with Crippen molar-refractivity contribution in [2.45, 2.75) is 45.6 Å². The zero-order chi connectivity index (χ0) is 25.4. The molecule has 0 aromatic heterocycles. The number of aliphatic hydroxyl groups excluding tert-OH is 1.